The maximum absolute atomic E-state index is 13.0. The van der Waals surface area contributed by atoms with Crippen molar-refractivity contribution in [1.82, 2.24) is 9.97 Å². The van der Waals surface area contributed by atoms with Crippen molar-refractivity contribution in [3.63, 3.8) is 0 Å². The molecular formula is C17H15FN2OS. The van der Waals surface area contributed by atoms with E-state index >= 15 is 0 Å². The summed E-state index contributed by atoms with van der Waals surface area (Å²) in [7, 11) is 0. The summed E-state index contributed by atoms with van der Waals surface area (Å²) in [6, 6.07) is 6.02. The summed E-state index contributed by atoms with van der Waals surface area (Å²) >= 11 is 1.62. The number of rotatable bonds is 1. The highest BCUT2D eigenvalue weighted by molar-refractivity contribution is 7.18. The van der Waals surface area contributed by atoms with Gasteiger partial charge in [0, 0.05) is 10.4 Å². The Labute approximate surface area is 130 Å². The van der Waals surface area contributed by atoms with E-state index in [1.165, 1.54) is 22.6 Å². The Bertz CT molecular complexity index is 911. The van der Waals surface area contributed by atoms with Crippen LogP contribution in [0.25, 0.3) is 21.6 Å². The molecule has 3 aromatic rings. The summed E-state index contributed by atoms with van der Waals surface area (Å²) in [5.41, 5.74) is 1.81. The molecule has 4 rings (SSSR count). The van der Waals surface area contributed by atoms with Gasteiger partial charge in [0.25, 0.3) is 5.56 Å². The van der Waals surface area contributed by atoms with E-state index in [1.807, 2.05) is 0 Å². The number of benzene rings is 1. The highest BCUT2D eigenvalue weighted by atomic mass is 32.1. The molecule has 0 radical (unpaired) electrons. The van der Waals surface area contributed by atoms with Crippen LogP contribution >= 0.6 is 11.3 Å². The fraction of sp³-hybridized carbons (Fsp3) is 0.294. The smallest absolute Gasteiger partial charge is 0.260 e. The summed E-state index contributed by atoms with van der Waals surface area (Å²) in [6.07, 6.45) is 3.11. The van der Waals surface area contributed by atoms with Crippen LogP contribution in [0.2, 0.25) is 0 Å². The number of aryl methyl sites for hydroxylation is 1. The van der Waals surface area contributed by atoms with E-state index in [0.717, 1.165) is 35.0 Å². The first kappa shape index (κ1) is 13.6. The Morgan fingerprint density at radius 1 is 1.32 bits per heavy atom. The molecule has 1 atom stereocenters. The molecule has 22 heavy (non-hydrogen) atoms. The van der Waals surface area contributed by atoms with Gasteiger partial charge in [0.15, 0.2) is 0 Å². The number of H-pyrrole nitrogens is 1. The minimum absolute atomic E-state index is 0.0867. The van der Waals surface area contributed by atoms with E-state index in [4.69, 9.17) is 0 Å². The maximum Gasteiger partial charge on any atom is 0.260 e. The van der Waals surface area contributed by atoms with Crippen molar-refractivity contribution in [2.45, 2.75) is 26.2 Å². The van der Waals surface area contributed by atoms with Crippen LogP contribution in [0, 0.1) is 11.7 Å². The Hall–Kier alpha value is -2.01. The first-order chi connectivity index (χ1) is 10.6. The quantitative estimate of drug-likeness (QED) is 0.740. The number of halogens is 1. The largest absolute Gasteiger partial charge is 0.306 e. The fourth-order valence-corrected chi connectivity index (χ4v) is 4.48. The third-order valence-electron chi connectivity index (χ3n) is 4.28. The first-order valence-electron chi connectivity index (χ1n) is 7.42. The van der Waals surface area contributed by atoms with Gasteiger partial charge in [-0.1, -0.05) is 6.92 Å². The first-order valence-corrected chi connectivity index (χ1v) is 8.24. The summed E-state index contributed by atoms with van der Waals surface area (Å²) in [5.74, 6) is 0.869. The SMILES string of the molecule is CC1CCc2c(sc3nc(-c4ccc(F)cc4)[nH]c(=O)c23)C1. The normalized spacial score (nSPS) is 17.6. The van der Waals surface area contributed by atoms with Gasteiger partial charge < -0.3 is 4.98 Å². The predicted octanol–water partition coefficient (Wildman–Crippen LogP) is 3.92. The molecule has 1 unspecified atom stereocenters. The second-order valence-electron chi connectivity index (χ2n) is 5.95. The minimum Gasteiger partial charge on any atom is -0.306 e. The van der Waals surface area contributed by atoms with Crippen LogP contribution in [0.4, 0.5) is 4.39 Å². The Morgan fingerprint density at radius 2 is 2.09 bits per heavy atom. The Morgan fingerprint density at radius 3 is 2.86 bits per heavy atom. The monoisotopic (exact) mass is 314 g/mol. The van der Waals surface area contributed by atoms with Gasteiger partial charge in [0.05, 0.1) is 5.39 Å². The number of thiophene rings is 1. The van der Waals surface area contributed by atoms with Crippen LogP contribution in [0.15, 0.2) is 29.1 Å². The molecule has 1 N–H and O–H groups in total. The van der Waals surface area contributed by atoms with E-state index in [9.17, 15) is 9.18 Å². The summed E-state index contributed by atoms with van der Waals surface area (Å²) in [4.78, 5) is 22.0. The van der Waals surface area contributed by atoms with Gasteiger partial charge in [-0.3, -0.25) is 4.79 Å². The molecule has 0 aliphatic heterocycles. The number of aromatic amines is 1. The predicted molar refractivity (Wildman–Crippen MR) is 86.8 cm³/mol. The lowest BCUT2D eigenvalue weighted by molar-refractivity contribution is 0.509. The van der Waals surface area contributed by atoms with Gasteiger partial charge in [-0.25, -0.2) is 9.37 Å². The van der Waals surface area contributed by atoms with E-state index in [2.05, 4.69) is 16.9 Å². The fourth-order valence-electron chi connectivity index (χ4n) is 3.09. The molecule has 0 bridgehead atoms. The zero-order valence-corrected chi connectivity index (χ0v) is 13.0. The molecule has 0 saturated heterocycles. The number of fused-ring (bicyclic) bond motifs is 3. The van der Waals surface area contributed by atoms with E-state index in [0.29, 0.717) is 11.7 Å². The van der Waals surface area contributed by atoms with Gasteiger partial charge in [-0.15, -0.1) is 11.3 Å². The highest BCUT2D eigenvalue weighted by Crippen LogP contribution is 2.36. The van der Waals surface area contributed by atoms with E-state index in [1.54, 1.807) is 23.5 Å². The average Bonchev–Trinajstić information content (AvgIpc) is 2.85. The molecule has 3 nitrogen and oxygen atoms in total. The second kappa shape index (κ2) is 5.02. The second-order valence-corrected chi connectivity index (χ2v) is 7.04. The summed E-state index contributed by atoms with van der Waals surface area (Å²) in [6.45, 7) is 2.24. The van der Waals surface area contributed by atoms with Crippen LogP contribution in [0.3, 0.4) is 0 Å². The standard InChI is InChI=1S/C17H15FN2OS/c1-9-2-7-12-13(8-9)22-17-14(12)16(21)19-15(20-17)10-3-5-11(18)6-4-10/h3-6,9H,2,7-8H2,1H3,(H,19,20,21). The number of hydrogen-bond donors (Lipinski definition) is 1. The molecule has 0 spiro atoms. The number of aromatic nitrogens is 2. The molecule has 1 aliphatic carbocycles. The lowest BCUT2D eigenvalue weighted by atomic mass is 9.89. The van der Waals surface area contributed by atoms with Crippen molar-refractivity contribution in [2.75, 3.05) is 0 Å². The molecule has 112 valence electrons. The Balaban J connectivity index is 1.90. The molecule has 2 aromatic heterocycles. The zero-order chi connectivity index (χ0) is 15.3. The van der Waals surface area contributed by atoms with Crippen LogP contribution in [-0.2, 0) is 12.8 Å². The van der Waals surface area contributed by atoms with Crippen LogP contribution < -0.4 is 5.56 Å². The van der Waals surface area contributed by atoms with Crippen LogP contribution in [-0.4, -0.2) is 9.97 Å². The van der Waals surface area contributed by atoms with Gasteiger partial charge in [0.1, 0.15) is 16.5 Å². The van der Waals surface area contributed by atoms with Gasteiger partial charge in [-0.05, 0) is 55.0 Å². The van der Waals surface area contributed by atoms with Gasteiger partial charge in [0.2, 0.25) is 0 Å². The number of nitrogens with one attached hydrogen (secondary N) is 1. The van der Waals surface area contributed by atoms with Crippen molar-refractivity contribution in [2.24, 2.45) is 5.92 Å². The minimum atomic E-state index is -0.298. The van der Waals surface area contributed by atoms with Gasteiger partial charge >= 0.3 is 0 Å². The van der Waals surface area contributed by atoms with E-state index in [-0.39, 0.29) is 11.4 Å². The van der Waals surface area contributed by atoms with Crippen molar-refractivity contribution >= 4 is 21.6 Å². The number of nitrogens with zero attached hydrogens (tertiary/aromatic N) is 1. The number of hydrogen-bond acceptors (Lipinski definition) is 3. The summed E-state index contributed by atoms with van der Waals surface area (Å²) < 4.78 is 13.0. The van der Waals surface area contributed by atoms with Gasteiger partial charge in [-0.2, -0.15) is 0 Å². The van der Waals surface area contributed by atoms with Crippen molar-refractivity contribution in [3.8, 4) is 11.4 Å². The molecule has 0 amide bonds. The molecule has 2 heterocycles. The van der Waals surface area contributed by atoms with Crippen LogP contribution in [0.5, 0.6) is 0 Å². The topological polar surface area (TPSA) is 45.8 Å². The molecule has 0 fully saturated rings. The van der Waals surface area contributed by atoms with Crippen molar-refractivity contribution < 1.29 is 4.39 Å². The maximum atomic E-state index is 13.0. The third-order valence-corrected chi connectivity index (χ3v) is 5.43. The highest BCUT2D eigenvalue weighted by Gasteiger charge is 2.23. The third kappa shape index (κ3) is 2.16. The summed E-state index contributed by atoms with van der Waals surface area (Å²) in [5, 5.41) is 0.748. The van der Waals surface area contributed by atoms with E-state index < -0.39 is 0 Å². The molecule has 0 saturated carbocycles. The lowest BCUT2D eigenvalue weighted by Gasteiger charge is -2.17. The Kier molecular flexibility index (Phi) is 3.11. The average molecular weight is 314 g/mol. The zero-order valence-electron chi connectivity index (χ0n) is 12.1. The molecule has 1 aliphatic rings. The van der Waals surface area contributed by atoms with Crippen LogP contribution in [0.1, 0.15) is 23.8 Å². The van der Waals surface area contributed by atoms with Crippen molar-refractivity contribution in [3.05, 3.63) is 50.9 Å². The molecular weight excluding hydrogens is 299 g/mol. The lowest BCUT2D eigenvalue weighted by Crippen LogP contribution is -2.13. The molecule has 1 aromatic carbocycles. The molecule has 5 heteroatoms. The van der Waals surface area contributed by atoms with Crippen molar-refractivity contribution in [1.29, 1.82) is 0 Å².